The van der Waals surface area contributed by atoms with Crippen LogP contribution < -0.4 is 0 Å². The summed E-state index contributed by atoms with van der Waals surface area (Å²) >= 11 is 9.84. The molecule has 0 aromatic rings. The lowest BCUT2D eigenvalue weighted by molar-refractivity contribution is 0.605. The third kappa shape index (κ3) is 3.14. The topological polar surface area (TPSA) is 34.1 Å². The average molecular weight is 163 g/mol. The van der Waals surface area contributed by atoms with Gasteiger partial charge < -0.3 is 0 Å². The number of hydrogen-bond acceptors (Lipinski definition) is 2. The van der Waals surface area contributed by atoms with Gasteiger partial charge in [-0.25, -0.2) is 8.42 Å². The van der Waals surface area contributed by atoms with Gasteiger partial charge in [-0.1, -0.05) is 0 Å². The van der Waals surface area contributed by atoms with Gasteiger partial charge in [0.1, 0.15) is 10.4 Å². The van der Waals surface area contributed by atoms with E-state index >= 15 is 0 Å². The fraction of sp³-hybridized carbons (Fsp3) is 1.00. The molecule has 0 radical (unpaired) electrons. The van der Waals surface area contributed by atoms with Gasteiger partial charge in [0.05, 0.1) is 0 Å². The summed E-state index contributed by atoms with van der Waals surface area (Å²) in [7, 11) is -3.13. The maximum Gasteiger partial charge on any atom is 0.178 e. The molecule has 5 heteroatoms. The van der Waals surface area contributed by atoms with E-state index in [9.17, 15) is 8.42 Å². The van der Waals surface area contributed by atoms with Crippen molar-refractivity contribution in [2.45, 2.75) is 0 Å². The van der Waals surface area contributed by atoms with Crippen molar-refractivity contribution >= 4 is 33.0 Å². The maximum atomic E-state index is 10.1. The Morgan fingerprint density at radius 1 is 1.14 bits per heavy atom. The number of hydrogen-bond donors (Lipinski definition) is 0. The first kappa shape index (κ1) is 7.53. The van der Waals surface area contributed by atoms with Crippen LogP contribution in [-0.2, 0) is 9.84 Å². The van der Waals surface area contributed by atoms with Gasteiger partial charge in [0, 0.05) is 0 Å². The number of halogens is 2. The van der Waals surface area contributed by atoms with Crippen molar-refractivity contribution in [3.63, 3.8) is 0 Å². The normalized spacial score (nSPS) is 11.7. The maximum absolute atomic E-state index is 10.1. The molecule has 0 spiro atoms. The molecule has 7 heavy (non-hydrogen) atoms. The molecule has 0 N–H and O–H groups in total. The molecule has 0 rings (SSSR count). The van der Waals surface area contributed by atoms with Gasteiger partial charge in [0.15, 0.2) is 9.84 Å². The number of alkyl halides is 2. The molecule has 2 nitrogen and oxygen atoms in total. The van der Waals surface area contributed by atoms with E-state index in [0.29, 0.717) is 0 Å². The van der Waals surface area contributed by atoms with Gasteiger partial charge in [0.25, 0.3) is 0 Å². The first-order valence-corrected chi connectivity index (χ1v) is 4.34. The molecule has 0 bridgehead atoms. The van der Waals surface area contributed by atoms with Gasteiger partial charge in [-0.2, -0.15) is 0 Å². The van der Waals surface area contributed by atoms with E-state index in [1.54, 1.807) is 0 Å². The summed E-state index contributed by atoms with van der Waals surface area (Å²) in [4.78, 5) is 0. The zero-order valence-electron chi connectivity index (χ0n) is 3.39. The van der Waals surface area contributed by atoms with Gasteiger partial charge >= 0.3 is 0 Å². The van der Waals surface area contributed by atoms with Crippen LogP contribution in [-0.4, -0.2) is 18.8 Å². The molecule has 0 saturated carbocycles. The quantitative estimate of drug-likeness (QED) is 0.564. The molecular formula is C2H4Cl2O2S. The van der Waals surface area contributed by atoms with Gasteiger partial charge in [-0.15, -0.1) is 23.2 Å². The Labute approximate surface area is 52.3 Å². The minimum atomic E-state index is -3.13. The summed E-state index contributed by atoms with van der Waals surface area (Å²) in [6.07, 6.45) is 0. The van der Waals surface area contributed by atoms with E-state index in [1.807, 2.05) is 0 Å². The highest BCUT2D eigenvalue weighted by Gasteiger charge is 2.03. The average Bonchev–Trinajstić information content (AvgIpc) is 1.68. The molecule has 0 atom stereocenters. The highest BCUT2D eigenvalue weighted by atomic mass is 35.5. The largest absolute Gasteiger partial charge is 0.226 e. The lowest BCUT2D eigenvalue weighted by Gasteiger charge is -1.85. The van der Waals surface area contributed by atoms with Crippen LogP contribution in [0.4, 0.5) is 0 Å². The highest BCUT2D eigenvalue weighted by Crippen LogP contribution is 1.94. The Morgan fingerprint density at radius 2 is 1.43 bits per heavy atom. The zero-order valence-corrected chi connectivity index (χ0v) is 5.72. The van der Waals surface area contributed by atoms with Crippen molar-refractivity contribution in [2.75, 3.05) is 10.4 Å². The van der Waals surface area contributed by atoms with E-state index < -0.39 is 20.3 Å². The highest BCUT2D eigenvalue weighted by molar-refractivity contribution is 7.93. The molecule has 0 heterocycles. The van der Waals surface area contributed by atoms with Crippen molar-refractivity contribution < 1.29 is 8.42 Å². The summed E-state index contributed by atoms with van der Waals surface area (Å²) in [6, 6.07) is 0. The number of sulfone groups is 1. The summed E-state index contributed by atoms with van der Waals surface area (Å²) in [5.74, 6) is 0. The van der Waals surface area contributed by atoms with Gasteiger partial charge in [-0.05, 0) is 0 Å². The Kier molecular flexibility index (Phi) is 2.95. The molecule has 0 fully saturated rings. The molecule has 44 valence electrons. The monoisotopic (exact) mass is 162 g/mol. The van der Waals surface area contributed by atoms with Crippen molar-refractivity contribution in [3.8, 4) is 0 Å². The predicted molar refractivity (Wildman–Crippen MR) is 30.4 cm³/mol. The standard InChI is InChI=1S/C2H4Cl2O2S/c3-1-7(5,6)2-4/h1-2H2. The molecule has 0 aliphatic carbocycles. The van der Waals surface area contributed by atoms with E-state index in [1.165, 1.54) is 0 Å². The Hall–Kier alpha value is 0.530. The van der Waals surface area contributed by atoms with Crippen LogP contribution in [0.25, 0.3) is 0 Å². The van der Waals surface area contributed by atoms with Crippen molar-refractivity contribution in [3.05, 3.63) is 0 Å². The second-order valence-electron chi connectivity index (χ2n) is 0.962. The van der Waals surface area contributed by atoms with Gasteiger partial charge in [-0.3, -0.25) is 0 Å². The van der Waals surface area contributed by atoms with Crippen molar-refractivity contribution in [2.24, 2.45) is 0 Å². The van der Waals surface area contributed by atoms with Crippen LogP contribution in [0.5, 0.6) is 0 Å². The van der Waals surface area contributed by atoms with E-state index in [-0.39, 0.29) is 0 Å². The van der Waals surface area contributed by atoms with E-state index in [2.05, 4.69) is 0 Å². The molecule has 0 saturated heterocycles. The lowest BCUT2D eigenvalue weighted by Crippen LogP contribution is -2.00. The van der Waals surface area contributed by atoms with Crippen LogP contribution in [0.2, 0.25) is 0 Å². The zero-order chi connectivity index (χ0) is 5.91. The van der Waals surface area contributed by atoms with E-state index in [0.717, 1.165) is 0 Å². The minimum Gasteiger partial charge on any atom is -0.226 e. The molecule has 0 aromatic heterocycles. The summed E-state index contributed by atoms with van der Waals surface area (Å²) < 4.78 is 20.2. The molecule has 0 unspecified atom stereocenters. The Morgan fingerprint density at radius 3 is 1.43 bits per heavy atom. The second kappa shape index (κ2) is 2.74. The Balaban J connectivity index is 3.89. The van der Waals surface area contributed by atoms with Crippen LogP contribution in [0.1, 0.15) is 0 Å². The second-order valence-corrected chi connectivity index (χ2v) is 4.19. The molecule has 0 amide bonds. The van der Waals surface area contributed by atoms with Crippen molar-refractivity contribution in [1.29, 1.82) is 0 Å². The van der Waals surface area contributed by atoms with E-state index in [4.69, 9.17) is 23.2 Å². The Bertz CT molecular complexity index is 117. The molecule has 0 aromatic carbocycles. The smallest absolute Gasteiger partial charge is 0.178 e. The van der Waals surface area contributed by atoms with Crippen LogP contribution in [0, 0.1) is 0 Å². The first-order valence-electron chi connectivity index (χ1n) is 1.45. The SMILES string of the molecule is O=S(=O)(CCl)CCl. The molecule has 0 aliphatic rings. The van der Waals surface area contributed by atoms with Crippen molar-refractivity contribution in [1.82, 2.24) is 0 Å². The fourth-order valence-corrected chi connectivity index (χ4v) is 0.787. The summed E-state index contributed by atoms with van der Waals surface area (Å²) in [5.41, 5.74) is 0. The molecule has 0 aliphatic heterocycles. The third-order valence-electron chi connectivity index (χ3n) is 0.332. The summed E-state index contributed by atoms with van der Waals surface area (Å²) in [6.45, 7) is 0. The van der Waals surface area contributed by atoms with Crippen LogP contribution >= 0.6 is 23.2 Å². The van der Waals surface area contributed by atoms with Crippen LogP contribution in [0.3, 0.4) is 0 Å². The first-order chi connectivity index (χ1) is 3.12. The fourth-order valence-electron chi connectivity index (χ4n) is 0.0292. The minimum absolute atomic E-state index is 0.392. The number of rotatable bonds is 2. The van der Waals surface area contributed by atoms with Crippen LogP contribution in [0.15, 0.2) is 0 Å². The molecular weight excluding hydrogens is 159 g/mol. The van der Waals surface area contributed by atoms with Gasteiger partial charge in [0.2, 0.25) is 0 Å². The third-order valence-corrected chi connectivity index (χ3v) is 2.99. The lowest BCUT2D eigenvalue weighted by atomic mass is 11.9. The summed E-state index contributed by atoms with van der Waals surface area (Å²) in [5, 5.41) is -0.785. The predicted octanol–water partition coefficient (Wildman–Crippen LogP) is 0.794.